The van der Waals surface area contributed by atoms with Crippen molar-refractivity contribution < 1.29 is 9.53 Å². The molecule has 0 bridgehead atoms. The number of carbonyl (C=O) groups is 1. The number of rotatable bonds is 5. The fraction of sp³-hybridized carbons (Fsp3) is 0.350. The number of hydrogen-bond acceptors (Lipinski definition) is 4. The van der Waals surface area contributed by atoms with Gasteiger partial charge in [0.2, 0.25) is 0 Å². The first-order chi connectivity index (χ1) is 11.7. The van der Waals surface area contributed by atoms with E-state index >= 15 is 0 Å². The summed E-state index contributed by atoms with van der Waals surface area (Å²) < 4.78 is 6.01. The molecule has 2 aromatic rings. The van der Waals surface area contributed by atoms with Gasteiger partial charge < -0.3 is 10.1 Å². The van der Waals surface area contributed by atoms with Gasteiger partial charge in [-0.05, 0) is 30.9 Å². The summed E-state index contributed by atoms with van der Waals surface area (Å²) in [5.41, 5.74) is 1.01. The third-order valence-corrected chi connectivity index (χ3v) is 5.51. The van der Waals surface area contributed by atoms with E-state index in [0.717, 1.165) is 17.7 Å². The number of ketones is 1. The maximum absolute atomic E-state index is 13.4. The van der Waals surface area contributed by atoms with E-state index in [1.807, 2.05) is 37.3 Å². The summed E-state index contributed by atoms with van der Waals surface area (Å²) in [5, 5.41) is 3.36. The highest BCUT2D eigenvalue weighted by molar-refractivity contribution is 7.98. The molecule has 0 saturated carbocycles. The van der Waals surface area contributed by atoms with E-state index in [4.69, 9.17) is 4.74 Å². The van der Waals surface area contributed by atoms with Crippen molar-refractivity contribution in [2.45, 2.75) is 23.3 Å². The quantitative estimate of drug-likeness (QED) is 0.667. The van der Waals surface area contributed by atoms with Crippen molar-refractivity contribution in [2.75, 3.05) is 26.0 Å². The van der Waals surface area contributed by atoms with Crippen molar-refractivity contribution >= 4 is 17.5 Å². The zero-order valence-corrected chi connectivity index (χ0v) is 14.9. The van der Waals surface area contributed by atoms with Gasteiger partial charge in [-0.1, -0.05) is 42.5 Å². The molecule has 2 aromatic carbocycles. The number of nitrogens with one attached hydrogen (secondary N) is 1. The van der Waals surface area contributed by atoms with E-state index in [1.54, 1.807) is 11.8 Å². The average Bonchev–Trinajstić information content (AvgIpc) is 2.68. The second kappa shape index (κ2) is 7.51. The molecule has 4 heteroatoms. The van der Waals surface area contributed by atoms with Crippen LogP contribution in [0.5, 0.6) is 0 Å². The molecule has 1 N–H and O–H groups in total. The Bertz CT molecular complexity index is 681. The van der Waals surface area contributed by atoms with Gasteiger partial charge in [0.15, 0.2) is 5.78 Å². The van der Waals surface area contributed by atoms with Gasteiger partial charge >= 0.3 is 0 Å². The lowest BCUT2D eigenvalue weighted by Gasteiger charge is -2.39. The molecule has 0 amide bonds. The number of morpholine rings is 1. The molecular weight excluding hydrogens is 318 g/mol. The molecule has 3 nitrogen and oxygen atoms in total. The summed E-state index contributed by atoms with van der Waals surface area (Å²) in [7, 11) is 0. The van der Waals surface area contributed by atoms with Crippen molar-refractivity contribution in [1.82, 2.24) is 5.32 Å². The number of benzene rings is 2. The van der Waals surface area contributed by atoms with E-state index in [1.165, 1.54) is 4.90 Å². The summed E-state index contributed by atoms with van der Waals surface area (Å²) in [5.74, 6) is 0.105. The van der Waals surface area contributed by atoms with Crippen LogP contribution < -0.4 is 5.32 Å². The van der Waals surface area contributed by atoms with E-state index in [-0.39, 0.29) is 11.9 Å². The normalized spacial score (nSPS) is 20.3. The predicted molar refractivity (Wildman–Crippen MR) is 99.0 cm³/mol. The Morgan fingerprint density at radius 3 is 2.46 bits per heavy atom. The molecule has 1 aliphatic heterocycles. The minimum atomic E-state index is -0.717. The third kappa shape index (κ3) is 3.27. The molecule has 3 rings (SSSR count). The lowest BCUT2D eigenvalue weighted by atomic mass is 9.71. The number of thioether (sulfide) groups is 1. The molecular formula is C20H23NO2S. The molecule has 1 heterocycles. The van der Waals surface area contributed by atoms with E-state index in [2.05, 4.69) is 35.8 Å². The zero-order chi connectivity index (χ0) is 17.0. The molecule has 0 spiro atoms. The van der Waals surface area contributed by atoms with Crippen molar-refractivity contribution in [1.29, 1.82) is 0 Å². The van der Waals surface area contributed by atoms with Crippen molar-refractivity contribution in [2.24, 2.45) is 0 Å². The van der Waals surface area contributed by atoms with Crippen LogP contribution in [0.1, 0.15) is 22.8 Å². The summed E-state index contributed by atoms with van der Waals surface area (Å²) in [6, 6.07) is 17.8. The van der Waals surface area contributed by atoms with Crippen molar-refractivity contribution in [3.8, 4) is 0 Å². The molecule has 1 aliphatic rings. The first-order valence-electron chi connectivity index (χ1n) is 8.23. The van der Waals surface area contributed by atoms with Crippen LogP contribution in [0, 0.1) is 0 Å². The van der Waals surface area contributed by atoms with Crippen LogP contribution in [-0.2, 0) is 10.2 Å². The van der Waals surface area contributed by atoms with Gasteiger partial charge in [0.1, 0.15) is 0 Å². The Morgan fingerprint density at radius 2 is 1.88 bits per heavy atom. The molecule has 2 unspecified atom stereocenters. The lowest BCUT2D eigenvalue weighted by Crippen LogP contribution is -2.53. The van der Waals surface area contributed by atoms with Crippen LogP contribution >= 0.6 is 11.8 Å². The molecule has 0 aliphatic carbocycles. The lowest BCUT2D eigenvalue weighted by molar-refractivity contribution is -0.0130. The molecule has 2 atom stereocenters. The van der Waals surface area contributed by atoms with Gasteiger partial charge in [0, 0.05) is 23.5 Å². The number of carbonyl (C=O) groups excluding carboxylic acids is 1. The molecule has 0 aromatic heterocycles. The van der Waals surface area contributed by atoms with E-state index in [0.29, 0.717) is 13.2 Å². The Labute approximate surface area is 147 Å². The average molecular weight is 341 g/mol. The van der Waals surface area contributed by atoms with E-state index in [9.17, 15) is 4.79 Å². The minimum absolute atomic E-state index is 0.105. The second-order valence-corrected chi connectivity index (χ2v) is 7.07. The third-order valence-electron chi connectivity index (χ3n) is 4.77. The Morgan fingerprint density at radius 1 is 1.17 bits per heavy atom. The van der Waals surface area contributed by atoms with Crippen LogP contribution in [0.25, 0.3) is 0 Å². The van der Waals surface area contributed by atoms with Crippen LogP contribution in [0.4, 0.5) is 0 Å². The van der Waals surface area contributed by atoms with Crippen LogP contribution in [0.3, 0.4) is 0 Å². The topological polar surface area (TPSA) is 38.3 Å². The molecule has 126 valence electrons. The first kappa shape index (κ1) is 17.2. The van der Waals surface area contributed by atoms with Crippen LogP contribution in [0.15, 0.2) is 59.5 Å². The Kier molecular flexibility index (Phi) is 5.39. The summed E-state index contributed by atoms with van der Waals surface area (Å²) in [4.78, 5) is 14.6. The fourth-order valence-corrected chi connectivity index (χ4v) is 3.63. The summed E-state index contributed by atoms with van der Waals surface area (Å²) in [6.07, 6.45) is 1.87. The van der Waals surface area contributed by atoms with Gasteiger partial charge in [-0.15, -0.1) is 11.8 Å². The maximum atomic E-state index is 13.4. The predicted octanol–water partition coefficient (Wildman–Crippen LogP) is 3.54. The van der Waals surface area contributed by atoms with Gasteiger partial charge in [0.05, 0.1) is 18.1 Å². The largest absolute Gasteiger partial charge is 0.374 e. The standard InChI is InChI=1S/C20H23NO2S/c1-20(18-14-21-12-13-23-18,16-8-10-17(24-2)11-9-16)19(22)15-6-4-3-5-7-15/h3-11,18,21H,12-14H2,1-2H3. The van der Waals surface area contributed by atoms with Gasteiger partial charge in [-0.2, -0.15) is 0 Å². The number of hydrogen-bond donors (Lipinski definition) is 1. The zero-order valence-electron chi connectivity index (χ0n) is 14.1. The Balaban J connectivity index is 2.03. The molecule has 24 heavy (non-hydrogen) atoms. The van der Waals surface area contributed by atoms with Crippen LogP contribution in [0.2, 0.25) is 0 Å². The summed E-state index contributed by atoms with van der Waals surface area (Å²) in [6.45, 7) is 4.15. The van der Waals surface area contributed by atoms with Crippen molar-refractivity contribution in [3.63, 3.8) is 0 Å². The van der Waals surface area contributed by atoms with Gasteiger partial charge in [0.25, 0.3) is 0 Å². The molecule has 1 saturated heterocycles. The SMILES string of the molecule is CSc1ccc(C(C)(C(=O)c2ccccc2)C2CNCCO2)cc1. The van der Waals surface area contributed by atoms with Gasteiger partial charge in [-0.25, -0.2) is 0 Å². The highest BCUT2D eigenvalue weighted by Crippen LogP contribution is 2.35. The monoisotopic (exact) mass is 341 g/mol. The maximum Gasteiger partial charge on any atom is 0.175 e. The number of ether oxygens (including phenoxy) is 1. The summed E-state index contributed by atoms with van der Waals surface area (Å²) >= 11 is 1.70. The van der Waals surface area contributed by atoms with Gasteiger partial charge in [-0.3, -0.25) is 4.79 Å². The Hall–Kier alpha value is -1.62. The molecule has 1 fully saturated rings. The van der Waals surface area contributed by atoms with Crippen LogP contribution in [-0.4, -0.2) is 37.8 Å². The minimum Gasteiger partial charge on any atom is -0.374 e. The highest BCUT2D eigenvalue weighted by atomic mass is 32.2. The smallest absolute Gasteiger partial charge is 0.175 e. The second-order valence-electron chi connectivity index (χ2n) is 6.19. The van der Waals surface area contributed by atoms with E-state index < -0.39 is 5.41 Å². The number of Topliss-reactive ketones (excluding diaryl/α,β-unsaturated/α-hetero) is 1. The fourth-order valence-electron chi connectivity index (χ4n) is 3.23. The molecule has 0 radical (unpaired) electrons. The first-order valence-corrected chi connectivity index (χ1v) is 9.45. The van der Waals surface area contributed by atoms with Crippen molar-refractivity contribution in [3.05, 3.63) is 65.7 Å². The highest BCUT2D eigenvalue weighted by Gasteiger charge is 2.44.